The molecule has 17 heavy (non-hydrogen) atoms. The van der Waals surface area contributed by atoms with Crippen LogP contribution in [0.4, 0.5) is 13.2 Å². The maximum atomic E-state index is 11.9. The lowest BCUT2D eigenvalue weighted by Crippen LogP contribution is -2.40. The Morgan fingerprint density at radius 1 is 1.65 bits per heavy atom. The lowest BCUT2D eigenvalue weighted by Gasteiger charge is -2.14. The Balaban J connectivity index is 2.50. The summed E-state index contributed by atoms with van der Waals surface area (Å²) in [6, 6.07) is 1.40. The number of alkyl halides is 3. The van der Waals surface area contributed by atoms with Crippen LogP contribution < -0.4 is 10.1 Å². The van der Waals surface area contributed by atoms with Crippen LogP contribution in [-0.2, 0) is 0 Å². The Kier molecular flexibility index (Phi) is 4.35. The van der Waals surface area contributed by atoms with Crippen molar-refractivity contribution in [2.24, 2.45) is 0 Å². The highest BCUT2D eigenvalue weighted by Crippen LogP contribution is 2.22. The van der Waals surface area contributed by atoms with Gasteiger partial charge in [-0.05, 0) is 0 Å². The molecule has 1 rings (SSSR count). The Bertz CT molecular complexity index is 391. The van der Waals surface area contributed by atoms with Gasteiger partial charge in [0.05, 0.1) is 18.5 Å². The van der Waals surface area contributed by atoms with E-state index >= 15 is 0 Å². The molecular weight excluding hydrogens is 259 g/mol. The lowest BCUT2D eigenvalue weighted by atomic mass is 10.3. The van der Waals surface area contributed by atoms with E-state index < -0.39 is 24.7 Å². The van der Waals surface area contributed by atoms with E-state index in [9.17, 15) is 18.0 Å². The van der Waals surface area contributed by atoms with Crippen LogP contribution in [-0.4, -0.2) is 36.9 Å². The van der Waals surface area contributed by atoms with Gasteiger partial charge < -0.3 is 15.2 Å². The van der Waals surface area contributed by atoms with Gasteiger partial charge in [0.2, 0.25) is 0 Å². The van der Waals surface area contributed by atoms with Crippen molar-refractivity contribution in [1.82, 2.24) is 5.32 Å². The average Bonchev–Trinajstić information content (AvgIpc) is 2.72. The van der Waals surface area contributed by atoms with Gasteiger partial charge in [-0.25, -0.2) is 0 Å². The maximum Gasteiger partial charge on any atom is 0.416 e. The first-order valence-electron chi connectivity index (χ1n) is 4.50. The Labute approximate surface area is 99.0 Å². The fourth-order valence-electron chi connectivity index (χ4n) is 0.937. The van der Waals surface area contributed by atoms with Crippen LogP contribution in [0.25, 0.3) is 0 Å². The minimum absolute atomic E-state index is 0.219. The van der Waals surface area contributed by atoms with E-state index in [0.717, 1.165) is 11.3 Å². The minimum atomic E-state index is -4.74. The molecule has 0 aliphatic carbocycles. The summed E-state index contributed by atoms with van der Waals surface area (Å²) in [5, 5.41) is 12.2. The Morgan fingerprint density at radius 3 is 2.76 bits per heavy atom. The number of carbonyl (C=O) groups is 1. The van der Waals surface area contributed by atoms with Crippen molar-refractivity contribution in [3.05, 3.63) is 16.3 Å². The predicted octanol–water partition coefficient (Wildman–Crippen LogP) is 1.41. The van der Waals surface area contributed by atoms with Crippen molar-refractivity contribution in [3.63, 3.8) is 0 Å². The first-order valence-corrected chi connectivity index (χ1v) is 5.38. The third kappa shape index (κ3) is 3.90. The van der Waals surface area contributed by atoms with Crippen molar-refractivity contribution in [3.8, 4) is 5.75 Å². The third-order valence-corrected chi connectivity index (χ3v) is 2.78. The molecule has 1 atom stereocenters. The highest BCUT2D eigenvalue weighted by atomic mass is 32.1. The number of carbonyl (C=O) groups excluding carboxylic acids is 1. The second-order valence-electron chi connectivity index (χ2n) is 3.12. The first-order chi connectivity index (χ1) is 7.84. The maximum absolute atomic E-state index is 11.9. The summed E-state index contributed by atoms with van der Waals surface area (Å²) in [5.41, 5.74) is 0. The number of aliphatic hydroxyl groups excluding tert-OH is 1. The first kappa shape index (κ1) is 13.8. The van der Waals surface area contributed by atoms with Crippen LogP contribution in [0.5, 0.6) is 5.75 Å². The van der Waals surface area contributed by atoms with E-state index in [1.165, 1.54) is 13.2 Å². The molecule has 0 aliphatic rings. The zero-order valence-electron chi connectivity index (χ0n) is 8.75. The second-order valence-corrected chi connectivity index (χ2v) is 4.03. The fourth-order valence-corrected chi connectivity index (χ4v) is 1.71. The van der Waals surface area contributed by atoms with E-state index in [1.54, 1.807) is 5.38 Å². The molecule has 0 bridgehead atoms. The monoisotopic (exact) mass is 269 g/mol. The predicted molar refractivity (Wildman–Crippen MR) is 55.3 cm³/mol. The van der Waals surface area contributed by atoms with E-state index in [4.69, 9.17) is 9.84 Å². The van der Waals surface area contributed by atoms with E-state index in [2.05, 4.69) is 0 Å². The van der Waals surface area contributed by atoms with E-state index in [1.807, 2.05) is 5.32 Å². The van der Waals surface area contributed by atoms with Gasteiger partial charge in [-0.15, -0.1) is 11.3 Å². The van der Waals surface area contributed by atoms with Gasteiger partial charge in [-0.1, -0.05) is 0 Å². The molecule has 1 heterocycles. The number of ether oxygens (including phenoxy) is 1. The van der Waals surface area contributed by atoms with Crippen LogP contribution in [0.15, 0.2) is 11.4 Å². The molecule has 1 unspecified atom stereocenters. The third-order valence-electron chi connectivity index (χ3n) is 1.87. The minimum Gasteiger partial charge on any atom is -0.496 e. The summed E-state index contributed by atoms with van der Waals surface area (Å²) in [6.45, 7) is -0.872. The molecule has 96 valence electrons. The molecule has 8 heteroatoms. The molecule has 0 aliphatic heterocycles. The molecule has 2 N–H and O–H groups in total. The molecule has 1 aromatic rings. The van der Waals surface area contributed by atoms with Gasteiger partial charge in [0.25, 0.3) is 5.91 Å². The number of hydrogen-bond acceptors (Lipinski definition) is 4. The number of aliphatic hydroxyl groups is 1. The molecule has 0 spiro atoms. The van der Waals surface area contributed by atoms with Crippen LogP contribution in [0, 0.1) is 0 Å². The van der Waals surface area contributed by atoms with Gasteiger partial charge in [0.15, 0.2) is 6.10 Å². The van der Waals surface area contributed by atoms with Gasteiger partial charge >= 0.3 is 6.18 Å². The molecule has 1 aromatic heterocycles. The molecule has 0 fully saturated rings. The normalized spacial score (nSPS) is 13.2. The van der Waals surface area contributed by atoms with Gasteiger partial charge in [-0.3, -0.25) is 4.79 Å². The summed E-state index contributed by atoms with van der Waals surface area (Å²) in [7, 11) is 1.41. The summed E-state index contributed by atoms with van der Waals surface area (Å²) in [6.07, 6.45) is -7.30. The topological polar surface area (TPSA) is 58.6 Å². The highest BCUT2D eigenvalue weighted by Gasteiger charge is 2.38. The highest BCUT2D eigenvalue weighted by molar-refractivity contribution is 7.12. The number of methoxy groups -OCH3 is 1. The number of nitrogens with one attached hydrogen (secondary N) is 1. The summed E-state index contributed by atoms with van der Waals surface area (Å²) < 4.78 is 40.7. The van der Waals surface area contributed by atoms with Crippen LogP contribution in [0.3, 0.4) is 0 Å². The standard InChI is InChI=1S/C9H10F3NO3S/c1-16-5-2-6(17-4-5)8(15)13-3-7(14)9(10,11)12/h2,4,7,14H,3H2,1H3,(H,13,15). The molecule has 4 nitrogen and oxygen atoms in total. The van der Waals surface area contributed by atoms with Crippen molar-refractivity contribution < 1.29 is 27.8 Å². The average molecular weight is 269 g/mol. The summed E-state index contributed by atoms with van der Waals surface area (Å²) in [4.78, 5) is 11.6. The van der Waals surface area contributed by atoms with Crippen molar-refractivity contribution in [2.75, 3.05) is 13.7 Å². The molecule has 1 amide bonds. The van der Waals surface area contributed by atoms with Crippen LogP contribution in [0.1, 0.15) is 9.67 Å². The SMILES string of the molecule is COc1csc(C(=O)NCC(O)C(F)(F)F)c1. The molecular formula is C9H10F3NO3S. The Hall–Kier alpha value is -1.28. The van der Waals surface area contributed by atoms with E-state index in [-0.39, 0.29) is 4.88 Å². The Morgan fingerprint density at radius 2 is 2.29 bits per heavy atom. The lowest BCUT2D eigenvalue weighted by molar-refractivity contribution is -0.201. The molecule has 0 radical (unpaired) electrons. The van der Waals surface area contributed by atoms with Gasteiger partial charge in [0.1, 0.15) is 5.75 Å². The van der Waals surface area contributed by atoms with E-state index in [0.29, 0.717) is 5.75 Å². The van der Waals surface area contributed by atoms with Crippen molar-refractivity contribution in [1.29, 1.82) is 0 Å². The van der Waals surface area contributed by atoms with Crippen LogP contribution >= 0.6 is 11.3 Å². The molecule has 0 aromatic carbocycles. The zero-order chi connectivity index (χ0) is 13.1. The van der Waals surface area contributed by atoms with Gasteiger partial charge in [0, 0.05) is 11.4 Å². The number of amides is 1. The molecule has 0 saturated heterocycles. The number of rotatable bonds is 4. The fraction of sp³-hybridized carbons (Fsp3) is 0.444. The summed E-state index contributed by atoms with van der Waals surface area (Å²) >= 11 is 1.04. The molecule has 0 saturated carbocycles. The number of thiophene rings is 1. The van der Waals surface area contributed by atoms with Crippen LogP contribution in [0.2, 0.25) is 0 Å². The van der Waals surface area contributed by atoms with Crippen molar-refractivity contribution in [2.45, 2.75) is 12.3 Å². The second kappa shape index (κ2) is 5.37. The van der Waals surface area contributed by atoms with Crippen molar-refractivity contribution >= 4 is 17.2 Å². The number of halogens is 3. The summed E-state index contributed by atoms with van der Waals surface area (Å²) in [5.74, 6) is -0.224. The number of hydrogen-bond donors (Lipinski definition) is 2. The smallest absolute Gasteiger partial charge is 0.416 e. The van der Waals surface area contributed by atoms with Gasteiger partial charge in [-0.2, -0.15) is 13.2 Å². The zero-order valence-corrected chi connectivity index (χ0v) is 9.56. The largest absolute Gasteiger partial charge is 0.496 e. The quantitative estimate of drug-likeness (QED) is 0.869.